The first-order valence-corrected chi connectivity index (χ1v) is 18.9. The maximum absolute atomic E-state index is 9.53. The number of benzene rings is 7. The van der Waals surface area contributed by atoms with Crippen LogP contribution in [0.1, 0.15) is 52.6 Å². The van der Waals surface area contributed by atoms with E-state index in [2.05, 4.69) is 55.8 Å². The molecule has 0 aliphatic rings. The van der Waals surface area contributed by atoms with Crippen LogP contribution in [0.3, 0.4) is 0 Å². The minimum Gasteiger partial charge on any atom is 3.00 e. The maximum Gasteiger partial charge on any atom is 3.00 e. The van der Waals surface area contributed by atoms with Crippen molar-refractivity contribution in [3.05, 3.63) is 223 Å². The molecule has 0 aliphatic carbocycles. The Kier molecular flexibility index (Phi) is 9.89. The topological polar surface area (TPSA) is 52.7 Å². The van der Waals surface area contributed by atoms with Gasteiger partial charge in [-0.2, -0.15) is 70.8 Å². The molecule has 0 radical (unpaired) electrons. The number of hydrogen-bond donors (Lipinski definition) is 0. The van der Waals surface area contributed by atoms with Crippen LogP contribution in [0, 0.1) is 45.2 Å². The molecule has 0 spiro atoms. The summed E-state index contributed by atoms with van der Waals surface area (Å²) in [5, 5.41) is 2.24. The Balaban J connectivity index is 0.00000174. The molecule has 9 rings (SSSR count). The number of rotatable bonds is 10. The minimum atomic E-state index is -3.02. The fraction of sp³-hybridized carbons (Fsp3) is 0.109. The van der Waals surface area contributed by atoms with Crippen molar-refractivity contribution < 1.29 is 48.6 Å². The normalized spacial score (nSPS) is 15.3. The number of hydrogen-bond acceptors (Lipinski definition) is 2. The molecule has 0 fully saturated rings. The van der Waals surface area contributed by atoms with E-state index in [0.29, 0.717) is 22.4 Å². The van der Waals surface area contributed by atoms with E-state index in [0.717, 1.165) is 55.1 Å². The number of fused-ring (bicyclic) bond motifs is 3. The number of pyridine rings is 1. The first-order valence-electron chi connectivity index (χ1n) is 25.1. The molecule has 0 N–H and O–H groups in total. The van der Waals surface area contributed by atoms with Crippen molar-refractivity contribution in [1.82, 2.24) is 4.98 Å². The summed E-state index contributed by atoms with van der Waals surface area (Å²) in [6.07, 6.45) is -10.2. The first-order chi connectivity index (χ1) is 34.5. The largest absolute Gasteiger partial charge is 3.00 e. The van der Waals surface area contributed by atoms with Crippen LogP contribution in [-0.2, 0) is 54.9 Å². The van der Waals surface area contributed by atoms with Crippen LogP contribution in [0.25, 0.3) is 64.8 Å². The third kappa shape index (κ3) is 10.1. The molecule has 2 aromatic heterocycles. The van der Waals surface area contributed by atoms with Crippen LogP contribution >= 0.6 is 11.3 Å². The van der Waals surface area contributed by atoms with Gasteiger partial charge in [-0.05, 0) is 69.5 Å². The van der Waals surface area contributed by atoms with Crippen molar-refractivity contribution in [2.45, 2.75) is 39.2 Å². The van der Waals surface area contributed by atoms with Crippen molar-refractivity contribution >= 4 is 31.5 Å². The van der Waals surface area contributed by atoms with E-state index in [-0.39, 0.29) is 59.0 Å². The van der Waals surface area contributed by atoms with Crippen LogP contribution in [0.2, 0.25) is 0 Å². The first kappa shape index (κ1) is 28.5. The Morgan fingerprint density at radius 2 is 1.18 bits per heavy atom. The van der Waals surface area contributed by atoms with Crippen LogP contribution in [0.5, 0.6) is 0 Å². The van der Waals surface area contributed by atoms with Gasteiger partial charge in [-0.1, -0.05) is 105 Å². The van der Waals surface area contributed by atoms with Crippen LogP contribution in [0.4, 0.5) is 0 Å². The van der Waals surface area contributed by atoms with Gasteiger partial charge in [0.2, 0.25) is 0 Å². The average Bonchev–Trinajstić information content (AvgIpc) is 3.77. The van der Waals surface area contributed by atoms with Crippen molar-refractivity contribution in [3.63, 3.8) is 0 Å². The van der Waals surface area contributed by atoms with Gasteiger partial charge in [0.15, 0.2) is 0 Å². The van der Waals surface area contributed by atoms with Gasteiger partial charge in [-0.15, -0.1) is 47.2 Å². The molecule has 0 saturated heterocycles. The van der Waals surface area contributed by atoms with E-state index >= 15 is 0 Å². The number of nitrogens with zero attached hydrogens (tertiary/aromatic N) is 1. The second kappa shape index (κ2) is 20.8. The van der Waals surface area contributed by atoms with Gasteiger partial charge in [0.25, 0.3) is 0 Å². The van der Waals surface area contributed by atoms with Gasteiger partial charge in [0.1, 0.15) is 0 Å². The van der Waals surface area contributed by atoms with E-state index in [9.17, 15) is 11.0 Å². The zero-order valence-corrected chi connectivity index (χ0v) is 34.7. The van der Waals surface area contributed by atoms with Crippen LogP contribution < -0.4 is 0 Å². The standard InChI is InChI=1S/C53H40NS.2CO.Ir/c1-36-12-10-14-38(28-36)22-24-40-30-41(25-23-39-15-11-13-37(2)29-39)32-44(31-40)45-18-6-7-19-46(45)50-35-54-51(42-16-4-3-5-17-42)34-49(50)43-26-27-48-47-20-8-9-21-52(47)55-53(48)33-43;2*1-2;/h3-9,12-16,18-21,26-35H,22-25H2,1-2H3;;;/q-3;;;+3/i1D3,2D3,22D2,23D2,24D2,25D2;;;. The number of thiophene rings is 1. The molecule has 0 bridgehead atoms. The zero-order valence-electron chi connectivity index (χ0n) is 45.5. The van der Waals surface area contributed by atoms with Crippen molar-refractivity contribution in [3.8, 4) is 44.6 Å². The molecule has 3 nitrogen and oxygen atoms in total. The maximum atomic E-state index is 9.53. The molecule has 60 heavy (non-hydrogen) atoms. The van der Waals surface area contributed by atoms with Gasteiger partial charge in [-0.25, -0.2) is 0 Å². The molecular weight excluding hydrogens is 931 g/mol. The summed E-state index contributed by atoms with van der Waals surface area (Å²) in [6.45, 7) is 3.69. The van der Waals surface area contributed by atoms with E-state index in [4.69, 9.17) is 22.5 Å². The van der Waals surface area contributed by atoms with E-state index < -0.39 is 39.2 Å². The number of aryl methyl sites for hydroxylation is 6. The molecule has 0 amide bonds. The van der Waals surface area contributed by atoms with Crippen molar-refractivity contribution in [1.29, 1.82) is 0 Å². The molecular formula is C55H40IrNO2S. The summed E-state index contributed by atoms with van der Waals surface area (Å²) in [5.41, 5.74) is 3.06. The van der Waals surface area contributed by atoms with Gasteiger partial charge in [0.05, 0.1) is 0 Å². The van der Waals surface area contributed by atoms with E-state index in [1.54, 1.807) is 35.7 Å². The summed E-state index contributed by atoms with van der Waals surface area (Å²) in [7, 11) is 0. The van der Waals surface area contributed by atoms with Crippen molar-refractivity contribution in [2.24, 2.45) is 0 Å². The molecule has 5 heteroatoms. The Bertz CT molecular complexity index is 3410. The van der Waals surface area contributed by atoms with Gasteiger partial charge in [0, 0.05) is 51.1 Å². The summed E-state index contributed by atoms with van der Waals surface area (Å²) in [5.74, 6) is 0. The molecule has 0 atom stereocenters. The van der Waals surface area contributed by atoms with Crippen LogP contribution in [0.15, 0.2) is 158 Å². The summed E-state index contributed by atoms with van der Waals surface area (Å²) < 4.78 is 140. The summed E-state index contributed by atoms with van der Waals surface area (Å²) in [4.78, 5) is 4.90. The monoisotopic (exact) mass is 985 g/mol. The third-order valence-electron chi connectivity index (χ3n) is 9.32. The zero-order chi connectivity index (χ0) is 53.3. The fourth-order valence-corrected chi connectivity index (χ4v) is 7.92. The van der Waals surface area contributed by atoms with Gasteiger partial charge in [-0.3, -0.25) is 0 Å². The smallest absolute Gasteiger partial charge is 3.00 e. The van der Waals surface area contributed by atoms with Gasteiger partial charge < -0.3 is 4.98 Å². The second-order valence-corrected chi connectivity index (χ2v) is 14.1. The van der Waals surface area contributed by atoms with Crippen LogP contribution in [-0.4, -0.2) is 4.98 Å². The predicted molar refractivity (Wildman–Crippen MR) is 240 cm³/mol. The number of aromatic nitrogens is 1. The fourth-order valence-electron chi connectivity index (χ4n) is 6.78. The molecule has 0 saturated carbocycles. The second-order valence-electron chi connectivity index (χ2n) is 13.1. The molecule has 9 aromatic rings. The molecule has 0 unspecified atom stereocenters. The summed E-state index contributed by atoms with van der Waals surface area (Å²) >= 11 is 1.67. The Hall–Kier alpha value is -5.96. The molecule has 2 heterocycles. The predicted octanol–water partition coefficient (Wildman–Crippen LogP) is 13.6. The van der Waals surface area contributed by atoms with Crippen molar-refractivity contribution in [2.75, 3.05) is 0 Å². The summed E-state index contributed by atoms with van der Waals surface area (Å²) in [6, 6.07) is 50.3. The molecule has 7 aromatic carbocycles. The Morgan fingerprint density at radius 3 is 1.85 bits per heavy atom. The Labute approximate surface area is 390 Å². The SMILES string of the molecule is [2H]C([2H])([2H])c1c[c-]cc(C([2H])([2H])C([2H])([2H])c2cc(-c3ccccc3-c3cnc(-c4[c-]cccc4)cc3-c3ccc4c(c3)sc3ccccc34)cc(C([2H])([2H])C([2H])([2H])c3c[c-]cc(C([2H])([2H])[2H])c3)c2)c1.[C-]#[O+].[C-]#[O+].[Ir+3]. The molecule has 292 valence electrons. The average molecular weight is 985 g/mol. The third-order valence-corrected chi connectivity index (χ3v) is 10.5. The quantitative estimate of drug-likeness (QED) is 0.0995. The Morgan fingerprint density at radius 1 is 0.567 bits per heavy atom. The minimum absolute atomic E-state index is 0. The van der Waals surface area contributed by atoms with Gasteiger partial charge >= 0.3 is 42.7 Å². The van der Waals surface area contributed by atoms with E-state index in [1.165, 1.54) is 36.4 Å². The molecule has 0 aliphatic heterocycles. The van der Waals surface area contributed by atoms with E-state index in [1.807, 2.05) is 54.6 Å².